The maximum absolute atomic E-state index is 12.1. The lowest BCUT2D eigenvalue weighted by Gasteiger charge is -2.10. The molecule has 26 heavy (non-hydrogen) atoms. The zero-order chi connectivity index (χ0) is 19.1. The van der Waals surface area contributed by atoms with Gasteiger partial charge in [-0.2, -0.15) is 0 Å². The van der Waals surface area contributed by atoms with Crippen molar-refractivity contribution in [3.63, 3.8) is 0 Å². The number of hydrogen-bond donors (Lipinski definition) is 2. The van der Waals surface area contributed by atoms with Gasteiger partial charge in [-0.3, -0.25) is 30.6 Å². The quantitative estimate of drug-likeness (QED) is 0.549. The Kier molecular flexibility index (Phi) is 6.67. The van der Waals surface area contributed by atoms with Crippen molar-refractivity contribution in [3.05, 3.63) is 68.2 Å². The fourth-order valence-electron chi connectivity index (χ4n) is 1.96. The van der Waals surface area contributed by atoms with E-state index in [1.165, 1.54) is 24.3 Å². The van der Waals surface area contributed by atoms with Crippen LogP contribution in [-0.2, 0) is 0 Å². The maximum atomic E-state index is 12.1. The second kappa shape index (κ2) is 8.95. The lowest BCUT2D eigenvalue weighted by molar-refractivity contribution is -0.384. The summed E-state index contributed by atoms with van der Waals surface area (Å²) in [5.74, 6) is -0.475. The average molecular weight is 422 g/mol. The lowest BCUT2D eigenvalue weighted by atomic mass is 10.2. The molecule has 0 unspecified atom stereocenters. The van der Waals surface area contributed by atoms with Gasteiger partial charge in [-0.25, -0.2) is 0 Å². The molecule has 0 heterocycles. The standard InChI is InChI=1S/C17H16BrN3O5/c1-2-9-26-15-8-5-12(10-14(15)18)17(23)20-19-16(22)11-3-6-13(7-4-11)21(24)25/h3-8,10H,2,9H2,1H3,(H,19,22)(H,20,23). The van der Waals surface area contributed by atoms with E-state index >= 15 is 0 Å². The van der Waals surface area contributed by atoms with Crippen molar-refractivity contribution in [3.8, 4) is 5.75 Å². The van der Waals surface area contributed by atoms with Gasteiger partial charge in [0.1, 0.15) is 5.75 Å². The first-order valence-corrected chi connectivity index (χ1v) is 8.49. The third-order valence-corrected chi connectivity index (χ3v) is 3.91. The summed E-state index contributed by atoms with van der Waals surface area (Å²) < 4.78 is 6.13. The topological polar surface area (TPSA) is 111 Å². The number of carbonyl (C=O) groups excluding carboxylic acids is 2. The first-order valence-electron chi connectivity index (χ1n) is 7.70. The van der Waals surface area contributed by atoms with Crippen LogP contribution >= 0.6 is 15.9 Å². The number of ether oxygens (including phenoxy) is 1. The van der Waals surface area contributed by atoms with Gasteiger partial charge in [-0.05, 0) is 52.7 Å². The van der Waals surface area contributed by atoms with Gasteiger partial charge >= 0.3 is 0 Å². The predicted octanol–water partition coefficient (Wildman–Crippen LogP) is 3.22. The summed E-state index contributed by atoms with van der Waals surface area (Å²) in [6.45, 7) is 2.55. The molecule has 0 aliphatic rings. The number of halogens is 1. The van der Waals surface area contributed by atoms with Crippen LogP contribution in [0.4, 0.5) is 5.69 Å². The zero-order valence-electron chi connectivity index (χ0n) is 13.8. The van der Waals surface area contributed by atoms with Gasteiger partial charge in [0.2, 0.25) is 0 Å². The van der Waals surface area contributed by atoms with Gasteiger partial charge in [0.25, 0.3) is 17.5 Å². The second-order valence-corrected chi connectivity index (χ2v) is 6.06. The molecule has 0 aliphatic heterocycles. The fraction of sp³-hybridized carbons (Fsp3) is 0.176. The summed E-state index contributed by atoms with van der Waals surface area (Å²) in [4.78, 5) is 34.1. The highest BCUT2D eigenvalue weighted by atomic mass is 79.9. The van der Waals surface area contributed by atoms with E-state index in [1.54, 1.807) is 18.2 Å². The summed E-state index contributed by atoms with van der Waals surface area (Å²) in [6.07, 6.45) is 0.864. The minimum Gasteiger partial charge on any atom is -0.492 e. The number of nitrogens with zero attached hydrogens (tertiary/aromatic N) is 1. The first-order chi connectivity index (χ1) is 12.4. The van der Waals surface area contributed by atoms with Gasteiger partial charge in [0.15, 0.2) is 0 Å². The van der Waals surface area contributed by atoms with Crippen molar-refractivity contribution >= 4 is 33.4 Å². The van der Waals surface area contributed by atoms with E-state index < -0.39 is 16.7 Å². The molecule has 0 atom stereocenters. The molecule has 0 spiro atoms. The number of hydrogen-bond acceptors (Lipinski definition) is 5. The Labute approximate surface area is 157 Å². The van der Waals surface area contributed by atoms with Gasteiger partial charge in [0.05, 0.1) is 16.0 Å². The number of hydrazine groups is 1. The Morgan fingerprint density at radius 1 is 1.08 bits per heavy atom. The molecule has 2 aromatic rings. The van der Waals surface area contributed by atoms with Crippen molar-refractivity contribution in [2.75, 3.05) is 6.61 Å². The molecule has 0 saturated carbocycles. The SMILES string of the molecule is CCCOc1ccc(C(=O)NNC(=O)c2ccc([N+](=O)[O-])cc2)cc1Br. The van der Waals surface area contributed by atoms with Crippen LogP contribution in [0.5, 0.6) is 5.75 Å². The molecule has 0 bridgehead atoms. The number of non-ortho nitro benzene ring substituents is 1. The van der Waals surface area contributed by atoms with Crippen LogP contribution < -0.4 is 15.6 Å². The summed E-state index contributed by atoms with van der Waals surface area (Å²) in [7, 11) is 0. The van der Waals surface area contributed by atoms with Crippen molar-refractivity contribution in [1.82, 2.24) is 10.9 Å². The zero-order valence-corrected chi connectivity index (χ0v) is 15.4. The maximum Gasteiger partial charge on any atom is 0.269 e. The van der Waals surface area contributed by atoms with E-state index in [1.807, 2.05) is 6.92 Å². The number of nitro benzene ring substituents is 1. The molecule has 0 radical (unpaired) electrons. The second-order valence-electron chi connectivity index (χ2n) is 5.21. The van der Waals surface area contributed by atoms with E-state index in [9.17, 15) is 19.7 Å². The Balaban J connectivity index is 1.96. The molecule has 0 aliphatic carbocycles. The fourth-order valence-corrected chi connectivity index (χ4v) is 2.46. The summed E-state index contributed by atoms with van der Waals surface area (Å²) in [6, 6.07) is 9.84. The third kappa shape index (κ3) is 5.03. The third-order valence-electron chi connectivity index (χ3n) is 3.29. The Bertz CT molecular complexity index is 824. The van der Waals surface area contributed by atoms with Crippen molar-refractivity contribution in [2.45, 2.75) is 13.3 Å². The average Bonchev–Trinajstić information content (AvgIpc) is 2.64. The number of rotatable bonds is 6. The van der Waals surface area contributed by atoms with E-state index in [0.717, 1.165) is 6.42 Å². The molecule has 0 saturated heterocycles. The summed E-state index contributed by atoms with van der Waals surface area (Å²) in [5, 5.41) is 10.6. The van der Waals surface area contributed by atoms with Crippen molar-refractivity contribution < 1.29 is 19.2 Å². The van der Waals surface area contributed by atoms with Crippen molar-refractivity contribution in [2.24, 2.45) is 0 Å². The number of nitrogens with one attached hydrogen (secondary N) is 2. The highest BCUT2D eigenvalue weighted by molar-refractivity contribution is 9.10. The van der Waals surface area contributed by atoms with E-state index in [0.29, 0.717) is 22.4 Å². The number of amides is 2. The summed E-state index contributed by atoms with van der Waals surface area (Å²) >= 11 is 3.33. The van der Waals surface area contributed by atoms with Crippen LogP contribution in [0.3, 0.4) is 0 Å². The number of carbonyl (C=O) groups is 2. The molecular weight excluding hydrogens is 406 g/mol. The molecule has 8 nitrogen and oxygen atoms in total. The molecule has 136 valence electrons. The first kappa shape index (κ1) is 19.4. The Morgan fingerprint density at radius 3 is 2.19 bits per heavy atom. The molecule has 0 fully saturated rings. The van der Waals surface area contributed by atoms with Crippen LogP contribution in [0.1, 0.15) is 34.1 Å². The van der Waals surface area contributed by atoms with Crippen LogP contribution in [0, 0.1) is 10.1 Å². The normalized spacial score (nSPS) is 10.1. The highest BCUT2D eigenvalue weighted by Crippen LogP contribution is 2.26. The smallest absolute Gasteiger partial charge is 0.269 e. The molecule has 2 aromatic carbocycles. The van der Waals surface area contributed by atoms with Gasteiger partial charge in [-0.1, -0.05) is 6.92 Å². The Morgan fingerprint density at radius 2 is 1.65 bits per heavy atom. The van der Waals surface area contributed by atoms with Gasteiger partial charge in [0, 0.05) is 23.3 Å². The van der Waals surface area contributed by atoms with Crippen LogP contribution in [0.15, 0.2) is 46.9 Å². The molecule has 2 amide bonds. The molecular formula is C17H16BrN3O5. The monoisotopic (exact) mass is 421 g/mol. The number of benzene rings is 2. The van der Waals surface area contributed by atoms with Crippen molar-refractivity contribution in [1.29, 1.82) is 0 Å². The molecule has 2 N–H and O–H groups in total. The summed E-state index contributed by atoms with van der Waals surface area (Å²) in [5.41, 5.74) is 4.93. The predicted molar refractivity (Wildman–Crippen MR) is 98.0 cm³/mol. The lowest BCUT2D eigenvalue weighted by Crippen LogP contribution is -2.41. The minimum absolute atomic E-state index is 0.124. The molecule has 0 aromatic heterocycles. The van der Waals surface area contributed by atoms with Gasteiger partial charge < -0.3 is 4.74 Å². The highest BCUT2D eigenvalue weighted by Gasteiger charge is 2.12. The van der Waals surface area contributed by atoms with Crippen LogP contribution in [0.2, 0.25) is 0 Å². The van der Waals surface area contributed by atoms with E-state index in [2.05, 4.69) is 26.8 Å². The van der Waals surface area contributed by atoms with Crippen LogP contribution in [-0.4, -0.2) is 23.3 Å². The molecule has 9 heteroatoms. The van der Waals surface area contributed by atoms with Gasteiger partial charge in [-0.15, -0.1) is 0 Å². The largest absolute Gasteiger partial charge is 0.492 e. The Hall–Kier alpha value is -2.94. The minimum atomic E-state index is -0.588. The molecule has 2 rings (SSSR count). The van der Waals surface area contributed by atoms with E-state index in [4.69, 9.17) is 4.74 Å². The van der Waals surface area contributed by atoms with E-state index in [-0.39, 0.29) is 11.3 Å². The van der Waals surface area contributed by atoms with Crippen LogP contribution in [0.25, 0.3) is 0 Å². The number of nitro groups is 1.